The Labute approximate surface area is 147 Å². The van der Waals surface area contributed by atoms with E-state index in [1.165, 1.54) is 62.9 Å². The molecular weight excluding hydrogens is 300 g/mol. The lowest BCUT2D eigenvalue weighted by molar-refractivity contribution is -0.693. The molecule has 0 amide bonds. The molecule has 1 rings (SSSR count). The number of carboxylic acids is 1. The van der Waals surface area contributed by atoms with Gasteiger partial charge in [0.15, 0.2) is 6.54 Å². The summed E-state index contributed by atoms with van der Waals surface area (Å²) in [6.07, 6.45) is 15.9. The fourth-order valence-electron chi connectivity index (χ4n) is 3.41. The van der Waals surface area contributed by atoms with E-state index in [2.05, 4.69) is 25.3 Å². The van der Waals surface area contributed by atoms with Crippen LogP contribution >= 0.6 is 0 Å². The normalized spacial score (nSPS) is 11.1. The SMILES string of the molecule is CCCCCCCCCCCc1n(CCC)c(C)c[n+]1CC(=O)O. The van der Waals surface area contributed by atoms with Gasteiger partial charge < -0.3 is 5.11 Å². The molecule has 1 N–H and O–H groups in total. The van der Waals surface area contributed by atoms with Crippen LogP contribution in [-0.4, -0.2) is 15.6 Å². The van der Waals surface area contributed by atoms with Gasteiger partial charge in [0.05, 0.1) is 6.54 Å². The van der Waals surface area contributed by atoms with Crippen LogP contribution in [0.25, 0.3) is 0 Å². The Hall–Kier alpha value is -1.32. The highest BCUT2D eigenvalue weighted by molar-refractivity contribution is 5.64. The Morgan fingerprint density at radius 2 is 1.58 bits per heavy atom. The molecule has 0 spiro atoms. The molecule has 0 aliphatic carbocycles. The molecule has 0 saturated heterocycles. The van der Waals surface area contributed by atoms with Crippen LogP contribution in [0.1, 0.15) is 89.6 Å². The summed E-state index contributed by atoms with van der Waals surface area (Å²) in [5.41, 5.74) is 1.17. The van der Waals surface area contributed by atoms with Crippen molar-refractivity contribution in [3.05, 3.63) is 17.7 Å². The van der Waals surface area contributed by atoms with Gasteiger partial charge in [-0.1, -0.05) is 65.2 Å². The summed E-state index contributed by atoms with van der Waals surface area (Å²) >= 11 is 0. The minimum atomic E-state index is -0.762. The number of imidazole rings is 1. The Balaban J connectivity index is 2.41. The average molecular weight is 338 g/mol. The second-order valence-electron chi connectivity index (χ2n) is 6.94. The number of carbonyl (C=O) groups is 1. The van der Waals surface area contributed by atoms with E-state index >= 15 is 0 Å². The molecule has 0 aliphatic heterocycles. The van der Waals surface area contributed by atoms with Crippen molar-refractivity contribution >= 4 is 5.97 Å². The number of aromatic nitrogens is 2. The van der Waals surface area contributed by atoms with Gasteiger partial charge in [-0.15, -0.1) is 0 Å². The highest BCUT2D eigenvalue weighted by Crippen LogP contribution is 2.12. The minimum absolute atomic E-state index is 0.0737. The van der Waals surface area contributed by atoms with Gasteiger partial charge in [0.1, 0.15) is 11.9 Å². The van der Waals surface area contributed by atoms with E-state index in [1.807, 2.05) is 10.8 Å². The molecule has 0 aromatic carbocycles. The summed E-state index contributed by atoms with van der Waals surface area (Å²) in [5.74, 6) is 0.418. The first-order valence-corrected chi connectivity index (χ1v) is 9.90. The maximum atomic E-state index is 11.1. The first kappa shape index (κ1) is 20.7. The molecule has 4 nitrogen and oxygen atoms in total. The highest BCUT2D eigenvalue weighted by Gasteiger charge is 2.21. The van der Waals surface area contributed by atoms with E-state index in [1.54, 1.807) is 0 Å². The van der Waals surface area contributed by atoms with Crippen LogP contribution in [0.4, 0.5) is 0 Å². The van der Waals surface area contributed by atoms with Crippen molar-refractivity contribution in [2.45, 2.75) is 104 Å². The van der Waals surface area contributed by atoms with E-state index in [4.69, 9.17) is 5.11 Å². The first-order chi connectivity index (χ1) is 11.6. The van der Waals surface area contributed by atoms with Crippen molar-refractivity contribution in [2.75, 3.05) is 0 Å². The summed E-state index contributed by atoms with van der Waals surface area (Å²) in [7, 11) is 0. The predicted octanol–water partition coefficient (Wildman–Crippen LogP) is 4.65. The Bertz CT molecular complexity index is 480. The van der Waals surface area contributed by atoms with Gasteiger partial charge in [-0.05, 0) is 12.8 Å². The lowest BCUT2D eigenvalue weighted by atomic mass is 10.1. The van der Waals surface area contributed by atoms with E-state index < -0.39 is 5.97 Å². The number of unbranched alkanes of at least 4 members (excludes halogenated alkanes) is 8. The second kappa shape index (κ2) is 12.1. The molecule has 0 aliphatic rings. The lowest BCUT2D eigenvalue weighted by Gasteiger charge is -2.05. The van der Waals surface area contributed by atoms with Crippen LogP contribution in [0.15, 0.2) is 6.20 Å². The van der Waals surface area contributed by atoms with Crippen LogP contribution in [0.5, 0.6) is 0 Å². The number of hydrogen-bond donors (Lipinski definition) is 1. The summed E-state index contributed by atoms with van der Waals surface area (Å²) in [6.45, 7) is 7.55. The van der Waals surface area contributed by atoms with Crippen molar-refractivity contribution in [2.24, 2.45) is 0 Å². The molecule has 0 saturated carbocycles. The molecule has 0 fully saturated rings. The zero-order chi connectivity index (χ0) is 17.8. The highest BCUT2D eigenvalue weighted by atomic mass is 16.4. The Kier molecular flexibility index (Phi) is 10.4. The van der Waals surface area contributed by atoms with Gasteiger partial charge in [-0.3, -0.25) is 0 Å². The Morgan fingerprint density at radius 1 is 1.00 bits per heavy atom. The van der Waals surface area contributed by atoms with E-state index in [9.17, 15) is 4.79 Å². The molecular formula is C20H37N2O2+. The Morgan fingerprint density at radius 3 is 2.12 bits per heavy atom. The third-order valence-corrected chi connectivity index (χ3v) is 4.67. The summed E-state index contributed by atoms with van der Waals surface area (Å²) in [5, 5.41) is 9.12. The molecule has 0 bridgehead atoms. The molecule has 0 unspecified atom stereocenters. The standard InChI is InChI=1S/C20H36N2O2/c1-4-6-7-8-9-10-11-12-13-14-19-21(17-20(23)24)16-18(3)22(19)15-5-2/h16H,4-15,17H2,1-3H3/p+1. The number of aliphatic carboxylic acids is 1. The van der Waals surface area contributed by atoms with Crippen molar-refractivity contribution in [1.29, 1.82) is 0 Å². The minimum Gasteiger partial charge on any atom is -0.478 e. The average Bonchev–Trinajstić information content (AvgIpc) is 2.81. The number of hydrogen-bond acceptors (Lipinski definition) is 1. The third-order valence-electron chi connectivity index (χ3n) is 4.67. The smallest absolute Gasteiger partial charge is 0.346 e. The quantitative estimate of drug-likeness (QED) is 0.397. The van der Waals surface area contributed by atoms with Crippen molar-refractivity contribution in [1.82, 2.24) is 4.57 Å². The van der Waals surface area contributed by atoms with Crippen LogP contribution in [-0.2, 0) is 24.3 Å². The second-order valence-corrected chi connectivity index (χ2v) is 6.94. The predicted molar refractivity (Wildman–Crippen MR) is 98.2 cm³/mol. The molecule has 138 valence electrons. The molecule has 1 aromatic heterocycles. The van der Waals surface area contributed by atoms with Crippen LogP contribution in [0.3, 0.4) is 0 Å². The van der Waals surface area contributed by atoms with Gasteiger partial charge >= 0.3 is 5.97 Å². The fourth-order valence-corrected chi connectivity index (χ4v) is 3.41. The maximum absolute atomic E-state index is 11.1. The van der Waals surface area contributed by atoms with Crippen LogP contribution in [0.2, 0.25) is 0 Å². The molecule has 0 atom stereocenters. The summed E-state index contributed by atoms with van der Waals surface area (Å²) < 4.78 is 4.23. The first-order valence-electron chi connectivity index (χ1n) is 9.90. The van der Waals surface area contributed by atoms with Crippen LogP contribution < -0.4 is 4.57 Å². The van der Waals surface area contributed by atoms with Crippen molar-refractivity contribution in [3.8, 4) is 0 Å². The topological polar surface area (TPSA) is 46.1 Å². The fraction of sp³-hybridized carbons (Fsp3) is 0.800. The van der Waals surface area contributed by atoms with Gasteiger partial charge in [0.25, 0.3) is 5.82 Å². The summed E-state index contributed by atoms with van der Waals surface area (Å²) in [4.78, 5) is 11.1. The van der Waals surface area contributed by atoms with Crippen molar-refractivity contribution < 1.29 is 14.5 Å². The zero-order valence-electron chi connectivity index (χ0n) is 16.0. The molecule has 4 heteroatoms. The van der Waals surface area contributed by atoms with Gasteiger partial charge in [-0.25, -0.2) is 13.9 Å². The molecule has 24 heavy (non-hydrogen) atoms. The number of aryl methyl sites for hydroxylation is 1. The largest absolute Gasteiger partial charge is 0.478 e. The zero-order valence-corrected chi connectivity index (χ0v) is 16.0. The van der Waals surface area contributed by atoms with Crippen LogP contribution in [0, 0.1) is 6.92 Å². The number of carboxylic acid groups (broad SMARTS) is 1. The molecule has 1 aromatic rings. The van der Waals surface area contributed by atoms with Gasteiger partial charge in [0, 0.05) is 13.3 Å². The van der Waals surface area contributed by atoms with Crippen molar-refractivity contribution in [3.63, 3.8) is 0 Å². The van der Waals surface area contributed by atoms with Gasteiger partial charge in [0.2, 0.25) is 0 Å². The monoisotopic (exact) mass is 337 g/mol. The lowest BCUT2D eigenvalue weighted by Crippen LogP contribution is -2.41. The summed E-state index contributed by atoms with van der Waals surface area (Å²) in [6, 6.07) is 0. The third kappa shape index (κ3) is 7.50. The van der Waals surface area contributed by atoms with E-state index in [0.717, 1.165) is 25.8 Å². The molecule has 0 radical (unpaired) electrons. The van der Waals surface area contributed by atoms with Gasteiger partial charge in [-0.2, -0.15) is 0 Å². The number of rotatable bonds is 14. The maximum Gasteiger partial charge on any atom is 0.346 e. The number of nitrogens with zero attached hydrogens (tertiary/aromatic N) is 2. The van der Waals surface area contributed by atoms with E-state index in [-0.39, 0.29) is 6.54 Å². The molecule has 1 heterocycles. The van der Waals surface area contributed by atoms with E-state index in [0.29, 0.717) is 0 Å².